The monoisotopic (exact) mass is 477 g/mol. The van der Waals surface area contributed by atoms with Gasteiger partial charge in [0, 0.05) is 23.0 Å². The van der Waals surface area contributed by atoms with Crippen LogP contribution in [-0.4, -0.2) is 30.3 Å². The van der Waals surface area contributed by atoms with Gasteiger partial charge in [0.25, 0.3) is 5.91 Å². The van der Waals surface area contributed by atoms with Gasteiger partial charge >= 0.3 is 12.4 Å². The number of halogens is 7. The predicted molar refractivity (Wildman–Crippen MR) is 106 cm³/mol. The SMILES string of the molecule is O=C(NCC1=CN(c2cc(Cl)ccc2O)CC=N1)c1cc(C(F)(F)F)cc(C(F)(F)F)c1. The van der Waals surface area contributed by atoms with Crippen LogP contribution in [0, 0.1) is 0 Å². The first-order valence-electron chi connectivity index (χ1n) is 8.90. The van der Waals surface area contributed by atoms with Gasteiger partial charge in [-0.05, 0) is 36.4 Å². The largest absolute Gasteiger partial charge is 0.506 e. The van der Waals surface area contributed by atoms with E-state index in [-0.39, 0.29) is 30.6 Å². The Morgan fingerprint density at radius 2 is 1.69 bits per heavy atom. The molecule has 0 atom stereocenters. The summed E-state index contributed by atoms with van der Waals surface area (Å²) in [6.45, 7) is -0.0291. The van der Waals surface area contributed by atoms with Crippen molar-refractivity contribution in [3.05, 3.63) is 70.0 Å². The Kier molecular flexibility index (Phi) is 6.40. The van der Waals surface area contributed by atoms with E-state index < -0.39 is 35.0 Å². The van der Waals surface area contributed by atoms with Crippen LogP contribution in [0.3, 0.4) is 0 Å². The molecule has 3 rings (SSSR count). The average Bonchev–Trinajstić information content (AvgIpc) is 2.72. The van der Waals surface area contributed by atoms with Crippen molar-refractivity contribution < 1.29 is 36.2 Å². The predicted octanol–water partition coefficient (Wildman–Crippen LogP) is 5.25. The first-order chi connectivity index (χ1) is 14.8. The molecule has 0 aromatic heterocycles. The molecule has 170 valence electrons. The molecule has 32 heavy (non-hydrogen) atoms. The first-order valence-corrected chi connectivity index (χ1v) is 9.28. The maximum Gasteiger partial charge on any atom is 0.416 e. The normalized spacial score (nSPS) is 14.3. The Balaban J connectivity index is 1.80. The summed E-state index contributed by atoms with van der Waals surface area (Å²) in [5.41, 5.74) is -3.38. The molecule has 0 radical (unpaired) electrons. The number of hydrogen-bond donors (Lipinski definition) is 2. The Morgan fingerprint density at radius 3 is 2.28 bits per heavy atom. The third kappa shape index (κ3) is 5.52. The van der Waals surface area contributed by atoms with Crippen LogP contribution in [0.4, 0.5) is 32.0 Å². The first kappa shape index (κ1) is 23.5. The smallest absolute Gasteiger partial charge is 0.416 e. The Hall–Kier alpha value is -3.21. The van der Waals surface area contributed by atoms with E-state index in [9.17, 15) is 36.2 Å². The number of amides is 1. The zero-order chi connectivity index (χ0) is 23.7. The lowest BCUT2D eigenvalue weighted by Crippen LogP contribution is -2.29. The van der Waals surface area contributed by atoms with Gasteiger partial charge in [-0.3, -0.25) is 9.79 Å². The van der Waals surface area contributed by atoms with Crippen molar-refractivity contribution in [1.82, 2.24) is 5.32 Å². The molecular weight excluding hydrogens is 464 g/mol. The third-order valence-electron chi connectivity index (χ3n) is 4.37. The highest BCUT2D eigenvalue weighted by Crippen LogP contribution is 2.36. The molecule has 0 aliphatic carbocycles. The fourth-order valence-corrected chi connectivity index (χ4v) is 3.02. The highest BCUT2D eigenvalue weighted by atomic mass is 35.5. The summed E-state index contributed by atoms with van der Waals surface area (Å²) in [5.74, 6) is -1.21. The molecule has 12 heteroatoms. The van der Waals surface area contributed by atoms with Crippen molar-refractivity contribution in [1.29, 1.82) is 0 Å². The number of alkyl halides is 6. The topological polar surface area (TPSA) is 64.9 Å². The quantitative estimate of drug-likeness (QED) is 0.592. The van der Waals surface area contributed by atoms with Crippen LogP contribution in [0.15, 0.2) is 53.3 Å². The number of aliphatic imine (C=N–C) groups is 1. The van der Waals surface area contributed by atoms with Gasteiger partial charge in [-0.15, -0.1) is 0 Å². The summed E-state index contributed by atoms with van der Waals surface area (Å²) < 4.78 is 77.9. The minimum Gasteiger partial charge on any atom is -0.506 e. The second kappa shape index (κ2) is 8.73. The van der Waals surface area contributed by atoms with Crippen LogP contribution in [-0.2, 0) is 12.4 Å². The minimum atomic E-state index is -5.06. The van der Waals surface area contributed by atoms with Gasteiger partial charge in [0.2, 0.25) is 0 Å². The maximum atomic E-state index is 13.0. The summed E-state index contributed by atoms with van der Waals surface area (Å²) in [5, 5.41) is 12.6. The lowest BCUT2D eigenvalue weighted by Gasteiger charge is -2.23. The Labute approximate surface area is 182 Å². The van der Waals surface area contributed by atoms with Crippen molar-refractivity contribution >= 4 is 29.4 Å². The lowest BCUT2D eigenvalue weighted by atomic mass is 10.0. The Morgan fingerprint density at radius 1 is 1.06 bits per heavy atom. The van der Waals surface area contributed by atoms with E-state index in [0.29, 0.717) is 22.8 Å². The van der Waals surface area contributed by atoms with Gasteiger partial charge in [0.1, 0.15) is 5.75 Å². The van der Waals surface area contributed by atoms with E-state index in [0.717, 1.165) is 0 Å². The third-order valence-corrected chi connectivity index (χ3v) is 4.60. The average molecular weight is 478 g/mol. The number of benzene rings is 2. The number of carbonyl (C=O) groups is 1. The summed E-state index contributed by atoms with van der Waals surface area (Å²) in [6, 6.07) is 4.99. The molecule has 2 aromatic carbocycles. The van der Waals surface area contributed by atoms with Crippen LogP contribution in [0.1, 0.15) is 21.5 Å². The summed E-state index contributed by atoms with van der Waals surface area (Å²) in [7, 11) is 0. The van der Waals surface area contributed by atoms with Gasteiger partial charge in [-0.1, -0.05) is 11.6 Å². The standard InChI is InChI=1S/C20H14ClF6N3O2/c21-14-1-2-17(31)16(8-14)30-4-3-28-15(10-30)9-29-18(32)11-5-12(19(22,23)24)7-13(6-11)20(25,26)27/h1-3,5-8,10,31H,4,9H2,(H,29,32). The second-order valence-electron chi connectivity index (χ2n) is 6.69. The Bertz CT molecular complexity index is 1060. The van der Waals surface area contributed by atoms with E-state index in [1.54, 1.807) is 4.90 Å². The van der Waals surface area contributed by atoms with Crippen LogP contribution >= 0.6 is 11.6 Å². The summed E-state index contributed by atoms with van der Waals surface area (Å²) in [6.07, 6.45) is -7.22. The fourth-order valence-electron chi connectivity index (χ4n) is 2.86. The van der Waals surface area contributed by atoms with E-state index in [4.69, 9.17) is 11.6 Å². The molecule has 1 aliphatic rings. The molecule has 0 fully saturated rings. The molecule has 2 N–H and O–H groups in total. The van der Waals surface area contributed by atoms with Gasteiger partial charge in [-0.25, -0.2) is 0 Å². The number of anilines is 1. The molecular formula is C20H14ClF6N3O2. The van der Waals surface area contributed by atoms with Gasteiger partial charge in [-0.2, -0.15) is 26.3 Å². The molecule has 1 amide bonds. The number of rotatable bonds is 4. The number of hydrogen-bond acceptors (Lipinski definition) is 4. The van der Waals surface area contributed by atoms with Crippen molar-refractivity contribution in [2.24, 2.45) is 4.99 Å². The molecule has 5 nitrogen and oxygen atoms in total. The van der Waals surface area contributed by atoms with Crippen molar-refractivity contribution in [2.75, 3.05) is 18.0 Å². The van der Waals surface area contributed by atoms with Crippen molar-refractivity contribution in [3.8, 4) is 5.75 Å². The molecule has 2 aromatic rings. The highest BCUT2D eigenvalue weighted by molar-refractivity contribution is 6.31. The number of nitrogens with one attached hydrogen (secondary N) is 1. The van der Waals surface area contributed by atoms with Crippen LogP contribution in [0.25, 0.3) is 0 Å². The zero-order valence-electron chi connectivity index (χ0n) is 15.9. The maximum absolute atomic E-state index is 13.0. The molecule has 1 heterocycles. The van der Waals surface area contributed by atoms with Gasteiger partial charge < -0.3 is 15.3 Å². The van der Waals surface area contributed by atoms with E-state index in [1.165, 1.54) is 30.6 Å². The van der Waals surface area contributed by atoms with Gasteiger partial charge in [0.15, 0.2) is 0 Å². The highest BCUT2D eigenvalue weighted by Gasteiger charge is 2.37. The lowest BCUT2D eigenvalue weighted by molar-refractivity contribution is -0.143. The van der Waals surface area contributed by atoms with E-state index >= 15 is 0 Å². The summed E-state index contributed by atoms with van der Waals surface area (Å²) in [4.78, 5) is 17.9. The molecule has 0 saturated heterocycles. The molecule has 0 spiro atoms. The van der Waals surface area contributed by atoms with Gasteiger partial charge in [0.05, 0.1) is 35.6 Å². The van der Waals surface area contributed by atoms with Crippen LogP contribution in [0.5, 0.6) is 5.75 Å². The second-order valence-corrected chi connectivity index (χ2v) is 7.13. The minimum absolute atomic E-state index is 0.0555. The number of phenolic OH excluding ortho intramolecular Hbond substituents is 1. The fraction of sp³-hybridized carbons (Fsp3) is 0.200. The number of aromatic hydroxyl groups is 1. The van der Waals surface area contributed by atoms with Crippen LogP contribution in [0.2, 0.25) is 5.02 Å². The van der Waals surface area contributed by atoms with Crippen molar-refractivity contribution in [3.63, 3.8) is 0 Å². The van der Waals surface area contributed by atoms with E-state index in [1.807, 2.05) is 0 Å². The summed E-state index contributed by atoms with van der Waals surface area (Å²) >= 11 is 5.92. The number of nitrogens with zero attached hydrogens (tertiary/aromatic N) is 2. The van der Waals surface area contributed by atoms with E-state index in [2.05, 4.69) is 10.3 Å². The molecule has 0 saturated carbocycles. The zero-order valence-corrected chi connectivity index (χ0v) is 16.7. The number of carbonyl (C=O) groups excluding carboxylic acids is 1. The van der Waals surface area contributed by atoms with Crippen LogP contribution < -0.4 is 10.2 Å². The number of phenols is 1. The molecule has 0 unspecified atom stereocenters. The van der Waals surface area contributed by atoms with Crippen molar-refractivity contribution in [2.45, 2.75) is 12.4 Å². The molecule has 1 aliphatic heterocycles. The molecule has 0 bridgehead atoms.